The van der Waals surface area contributed by atoms with Crippen LogP contribution < -0.4 is 0 Å². The van der Waals surface area contributed by atoms with Crippen LogP contribution in [-0.4, -0.2) is 61.3 Å². The van der Waals surface area contributed by atoms with Crippen LogP contribution in [-0.2, 0) is 0 Å². The van der Waals surface area contributed by atoms with E-state index in [1.54, 1.807) is 0 Å². The second-order valence-corrected chi connectivity index (χ2v) is 4.78. The highest BCUT2D eigenvalue weighted by atomic mass is 16.3. The summed E-state index contributed by atoms with van der Waals surface area (Å²) in [7, 11) is 2.19. The average molecular weight is 214 g/mol. The Morgan fingerprint density at radius 2 is 1.87 bits per heavy atom. The van der Waals surface area contributed by atoms with Crippen LogP contribution in [0.25, 0.3) is 0 Å². The van der Waals surface area contributed by atoms with Crippen molar-refractivity contribution in [1.82, 2.24) is 9.80 Å². The van der Waals surface area contributed by atoms with Crippen molar-refractivity contribution in [3.63, 3.8) is 0 Å². The van der Waals surface area contributed by atoms with Gasteiger partial charge in [0.1, 0.15) is 0 Å². The Morgan fingerprint density at radius 3 is 2.40 bits per heavy atom. The highest BCUT2D eigenvalue weighted by molar-refractivity contribution is 4.97. The fraction of sp³-hybridized carbons (Fsp3) is 1.00. The van der Waals surface area contributed by atoms with Gasteiger partial charge in [-0.05, 0) is 26.4 Å². The Morgan fingerprint density at radius 1 is 1.20 bits per heavy atom. The van der Waals surface area contributed by atoms with Crippen LogP contribution in [0.1, 0.15) is 26.7 Å². The summed E-state index contributed by atoms with van der Waals surface area (Å²) in [4.78, 5) is 4.80. The van der Waals surface area contributed by atoms with E-state index in [1.165, 1.54) is 39.0 Å². The molecule has 0 bridgehead atoms. The highest BCUT2D eigenvalue weighted by Crippen LogP contribution is 2.37. The topological polar surface area (TPSA) is 26.7 Å². The maximum Gasteiger partial charge on any atom is 0.0558 e. The van der Waals surface area contributed by atoms with Crippen molar-refractivity contribution in [1.29, 1.82) is 0 Å². The average Bonchev–Trinajstić information content (AvgIpc) is 2.20. The first-order chi connectivity index (χ1) is 7.24. The predicted octanol–water partition coefficient (Wildman–Crippen LogP) is 1.03. The van der Waals surface area contributed by atoms with Crippen LogP contribution in [0.4, 0.5) is 0 Å². The highest BCUT2D eigenvalue weighted by Gasteiger charge is 2.43. The Bertz CT molecular complexity index is 171. The minimum atomic E-state index is 0.311. The summed E-state index contributed by atoms with van der Waals surface area (Å²) in [6.45, 7) is 10.1. The van der Waals surface area contributed by atoms with Gasteiger partial charge in [0, 0.05) is 31.6 Å². The maximum atomic E-state index is 8.88. The predicted molar refractivity (Wildman–Crippen MR) is 64.0 cm³/mol. The number of rotatable bonds is 2. The largest absolute Gasteiger partial charge is 0.395 e. The molecule has 1 spiro atoms. The van der Waals surface area contributed by atoms with E-state index in [0.717, 1.165) is 6.54 Å². The number of nitrogens with zero attached hydrogens (tertiary/aromatic N) is 2. The van der Waals surface area contributed by atoms with E-state index in [1.807, 2.05) is 13.8 Å². The van der Waals surface area contributed by atoms with Crippen LogP contribution in [0.5, 0.6) is 0 Å². The van der Waals surface area contributed by atoms with E-state index >= 15 is 0 Å². The molecule has 2 saturated heterocycles. The lowest BCUT2D eigenvalue weighted by atomic mass is 9.73. The molecule has 0 radical (unpaired) electrons. The molecular weight excluding hydrogens is 188 g/mol. The summed E-state index contributed by atoms with van der Waals surface area (Å²) in [5.74, 6) is 0. The lowest BCUT2D eigenvalue weighted by Gasteiger charge is -2.53. The number of β-amino-alcohol motifs (C(OH)–C–C–N with tert-alkyl or cyclic N) is 1. The normalized spacial score (nSPS) is 25.6. The van der Waals surface area contributed by atoms with E-state index in [0.29, 0.717) is 12.0 Å². The number of piperidine rings is 1. The third-order valence-corrected chi connectivity index (χ3v) is 3.37. The second kappa shape index (κ2) is 5.83. The summed E-state index contributed by atoms with van der Waals surface area (Å²) in [6.07, 6.45) is 2.70. The van der Waals surface area contributed by atoms with Crippen LogP contribution in [0.15, 0.2) is 0 Å². The van der Waals surface area contributed by atoms with Gasteiger partial charge in [-0.25, -0.2) is 0 Å². The van der Waals surface area contributed by atoms with E-state index in [-0.39, 0.29) is 0 Å². The molecule has 0 unspecified atom stereocenters. The van der Waals surface area contributed by atoms with E-state index < -0.39 is 0 Å². The zero-order valence-corrected chi connectivity index (χ0v) is 10.5. The van der Waals surface area contributed by atoms with Gasteiger partial charge in [0.05, 0.1) is 6.61 Å². The molecule has 3 nitrogen and oxygen atoms in total. The Balaban J connectivity index is 0.000000531. The van der Waals surface area contributed by atoms with Gasteiger partial charge < -0.3 is 14.9 Å². The molecular formula is C12H26N2O. The van der Waals surface area contributed by atoms with Crippen LogP contribution >= 0.6 is 0 Å². The van der Waals surface area contributed by atoms with Crippen molar-refractivity contribution in [3.8, 4) is 0 Å². The summed E-state index contributed by atoms with van der Waals surface area (Å²) in [5, 5.41) is 8.88. The molecule has 0 atom stereocenters. The molecule has 2 aliphatic heterocycles. The van der Waals surface area contributed by atoms with Gasteiger partial charge in [-0.2, -0.15) is 0 Å². The van der Waals surface area contributed by atoms with Crippen molar-refractivity contribution in [3.05, 3.63) is 0 Å². The van der Waals surface area contributed by atoms with Crippen molar-refractivity contribution in [2.24, 2.45) is 5.41 Å². The van der Waals surface area contributed by atoms with Crippen LogP contribution in [0, 0.1) is 5.41 Å². The van der Waals surface area contributed by atoms with Gasteiger partial charge in [-0.15, -0.1) is 0 Å². The maximum absolute atomic E-state index is 8.88. The Kier molecular flexibility index (Phi) is 5.03. The van der Waals surface area contributed by atoms with Crippen LogP contribution in [0.3, 0.4) is 0 Å². The summed E-state index contributed by atoms with van der Waals surface area (Å²) in [5.41, 5.74) is 0.585. The van der Waals surface area contributed by atoms with Gasteiger partial charge in [-0.1, -0.05) is 13.8 Å². The molecule has 2 rings (SSSR count). The second-order valence-electron chi connectivity index (χ2n) is 4.78. The van der Waals surface area contributed by atoms with Gasteiger partial charge in [0.15, 0.2) is 0 Å². The standard InChI is InChI=1S/C10H20N2O.C2H6/c1-11-7-10(8-11)3-2-4-12(9-10)5-6-13;1-2/h13H,2-9H2,1H3;1-2H3. The zero-order valence-electron chi connectivity index (χ0n) is 10.5. The quantitative estimate of drug-likeness (QED) is 0.744. The minimum Gasteiger partial charge on any atom is -0.395 e. The molecule has 2 aliphatic rings. The fourth-order valence-corrected chi connectivity index (χ4v) is 3.00. The molecule has 1 N–H and O–H groups in total. The number of likely N-dealkylation sites (tertiary alicyclic amines) is 2. The van der Waals surface area contributed by atoms with Gasteiger partial charge in [0.25, 0.3) is 0 Å². The number of hydrogen-bond acceptors (Lipinski definition) is 3. The molecule has 2 heterocycles. The van der Waals surface area contributed by atoms with Gasteiger partial charge in [0.2, 0.25) is 0 Å². The first kappa shape index (κ1) is 12.9. The molecule has 90 valence electrons. The molecule has 2 fully saturated rings. The molecule has 0 saturated carbocycles. The lowest BCUT2D eigenvalue weighted by molar-refractivity contribution is -0.0428. The molecule has 3 heteroatoms. The summed E-state index contributed by atoms with van der Waals surface area (Å²) in [6, 6.07) is 0. The monoisotopic (exact) mass is 214 g/mol. The van der Waals surface area contributed by atoms with Crippen molar-refractivity contribution in [2.45, 2.75) is 26.7 Å². The molecule has 0 aromatic heterocycles. The zero-order chi connectivity index (χ0) is 11.3. The van der Waals surface area contributed by atoms with Crippen molar-refractivity contribution >= 4 is 0 Å². The van der Waals surface area contributed by atoms with E-state index in [2.05, 4.69) is 16.8 Å². The minimum absolute atomic E-state index is 0.311. The number of aliphatic hydroxyl groups excluding tert-OH is 1. The molecule has 0 aliphatic carbocycles. The molecule has 0 amide bonds. The Hall–Kier alpha value is -0.120. The SMILES string of the molecule is CC.CN1CC2(CCCN(CCO)C2)C1. The Labute approximate surface area is 94.1 Å². The fourth-order valence-electron chi connectivity index (χ4n) is 3.00. The van der Waals surface area contributed by atoms with E-state index in [9.17, 15) is 0 Å². The lowest BCUT2D eigenvalue weighted by Crippen LogP contribution is -2.61. The van der Waals surface area contributed by atoms with Crippen molar-refractivity contribution < 1.29 is 5.11 Å². The first-order valence-electron chi connectivity index (χ1n) is 6.26. The molecule has 15 heavy (non-hydrogen) atoms. The molecule has 0 aromatic carbocycles. The number of aliphatic hydroxyl groups is 1. The van der Waals surface area contributed by atoms with Gasteiger partial charge >= 0.3 is 0 Å². The van der Waals surface area contributed by atoms with E-state index in [4.69, 9.17) is 5.11 Å². The first-order valence-corrected chi connectivity index (χ1v) is 6.26. The third kappa shape index (κ3) is 3.16. The van der Waals surface area contributed by atoms with Crippen molar-refractivity contribution in [2.75, 3.05) is 46.4 Å². The van der Waals surface area contributed by atoms with Crippen LogP contribution in [0.2, 0.25) is 0 Å². The number of hydrogen-bond donors (Lipinski definition) is 1. The summed E-state index contributed by atoms with van der Waals surface area (Å²) >= 11 is 0. The molecule has 0 aromatic rings. The smallest absolute Gasteiger partial charge is 0.0558 e. The third-order valence-electron chi connectivity index (χ3n) is 3.37. The summed E-state index contributed by atoms with van der Waals surface area (Å²) < 4.78 is 0. The van der Waals surface area contributed by atoms with Gasteiger partial charge in [-0.3, -0.25) is 0 Å².